The lowest BCUT2D eigenvalue weighted by Crippen LogP contribution is -2.16. The summed E-state index contributed by atoms with van der Waals surface area (Å²) in [5.74, 6) is -0.702. The average Bonchev–Trinajstić information content (AvgIpc) is 2.77. The highest BCUT2D eigenvalue weighted by Crippen LogP contribution is 2.29. The SMILES string of the molecule is O=C(OC(c1ccccc1)c1ccccc1)c1cc([N+](=O)[O-])ccc1NCCO. The average molecular weight is 392 g/mol. The number of carbonyl (C=O) groups excluding carboxylic acids is 1. The third-order valence-electron chi connectivity index (χ3n) is 4.29. The van der Waals surface area contributed by atoms with Crippen LogP contribution < -0.4 is 5.32 Å². The molecule has 0 aromatic heterocycles. The molecular weight excluding hydrogens is 372 g/mol. The van der Waals surface area contributed by atoms with E-state index in [1.54, 1.807) is 0 Å². The number of anilines is 1. The number of aliphatic hydroxyl groups is 1. The zero-order valence-electron chi connectivity index (χ0n) is 15.5. The molecule has 0 spiro atoms. The summed E-state index contributed by atoms with van der Waals surface area (Å²) >= 11 is 0. The zero-order valence-corrected chi connectivity index (χ0v) is 15.5. The molecule has 0 amide bonds. The molecule has 2 N–H and O–H groups in total. The number of hydrogen-bond donors (Lipinski definition) is 2. The van der Waals surface area contributed by atoms with E-state index >= 15 is 0 Å². The van der Waals surface area contributed by atoms with Crippen molar-refractivity contribution in [3.63, 3.8) is 0 Å². The molecule has 7 nitrogen and oxygen atoms in total. The Labute approximate surface area is 167 Å². The molecule has 3 rings (SSSR count). The molecule has 0 unspecified atom stereocenters. The molecule has 148 valence electrons. The molecule has 29 heavy (non-hydrogen) atoms. The van der Waals surface area contributed by atoms with Crippen LogP contribution in [-0.4, -0.2) is 29.2 Å². The van der Waals surface area contributed by atoms with Gasteiger partial charge in [0.25, 0.3) is 5.69 Å². The van der Waals surface area contributed by atoms with E-state index in [0.29, 0.717) is 5.69 Å². The predicted octanol–water partition coefficient (Wildman–Crippen LogP) is 3.95. The molecule has 7 heteroatoms. The molecule has 0 bridgehead atoms. The lowest BCUT2D eigenvalue weighted by atomic mass is 10.0. The van der Waals surface area contributed by atoms with Crippen molar-refractivity contribution in [1.82, 2.24) is 0 Å². The number of aliphatic hydroxyl groups excluding tert-OH is 1. The summed E-state index contributed by atoms with van der Waals surface area (Å²) in [5.41, 5.74) is 1.73. The number of carbonyl (C=O) groups is 1. The van der Waals surface area contributed by atoms with E-state index < -0.39 is 17.0 Å². The Morgan fingerprint density at radius 3 is 2.10 bits per heavy atom. The van der Waals surface area contributed by atoms with Gasteiger partial charge >= 0.3 is 5.97 Å². The molecule has 0 atom stereocenters. The van der Waals surface area contributed by atoms with Crippen molar-refractivity contribution in [2.24, 2.45) is 0 Å². The van der Waals surface area contributed by atoms with Crippen LogP contribution in [0.25, 0.3) is 0 Å². The van der Waals surface area contributed by atoms with E-state index in [2.05, 4.69) is 5.32 Å². The third kappa shape index (κ3) is 4.97. The van der Waals surface area contributed by atoms with E-state index in [9.17, 15) is 14.9 Å². The van der Waals surface area contributed by atoms with Crippen LogP contribution >= 0.6 is 0 Å². The van der Waals surface area contributed by atoms with Gasteiger partial charge in [0.2, 0.25) is 0 Å². The fraction of sp³-hybridized carbons (Fsp3) is 0.136. The zero-order chi connectivity index (χ0) is 20.6. The first-order valence-electron chi connectivity index (χ1n) is 9.04. The molecule has 0 aliphatic carbocycles. The third-order valence-corrected chi connectivity index (χ3v) is 4.29. The van der Waals surface area contributed by atoms with Crippen molar-refractivity contribution in [2.45, 2.75) is 6.10 Å². The smallest absolute Gasteiger partial charge is 0.341 e. The van der Waals surface area contributed by atoms with Crippen LogP contribution in [0.2, 0.25) is 0 Å². The predicted molar refractivity (Wildman–Crippen MR) is 109 cm³/mol. The number of nitro groups is 1. The molecule has 0 saturated carbocycles. The Morgan fingerprint density at radius 1 is 1.00 bits per heavy atom. The highest BCUT2D eigenvalue weighted by molar-refractivity contribution is 5.96. The summed E-state index contributed by atoms with van der Waals surface area (Å²) in [6, 6.07) is 22.4. The summed E-state index contributed by atoms with van der Waals surface area (Å²) in [4.78, 5) is 23.6. The maximum absolute atomic E-state index is 13.0. The summed E-state index contributed by atoms with van der Waals surface area (Å²) in [5, 5.41) is 23.1. The van der Waals surface area contributed by atoms with Crippen LogP contribution in [0.1, 0.15) is 27.6 Å². The lowest BCUT2D eigenvalue weighted by molar-refractivity contribution is -0.384. The van der Waals surface area contributed by atoms with Crippen LogP contribution in [-0.2, 0) is 4.74 Å². The van der Waals surface area contributed by atoms with Gasteiger partial charge in [-0.1, -0.05) is 60.7 Å². The van der Waals surface area contributed by atoms with Gasteiger partial charge in [-0.3, -0.25) is 10.1 Å². The standard InChI is InChI=1S/C22H20N2O5/c25-14-13-23-20-12-11-18(24(27)28)15-19(20)22(26)29-21(16-7-3-1-4-8-16)17-9-5-2-6-10-17/h1-12,15,21,23,25H,13-14H2. The minimum atomic E-state index is -0.702. The number of rotatable bonds is 8. The van der Waals surface area contributed by atoms with Crippen molar-refractivity contribution < 1.29 is 19.6 Å². The Morgan fingerprint density at radius 2 is 1.59 bits per heavy atom. The van der Waals surface area contributed by atoms with Gasteiger partial charge < -0.3 is 15.2 Å². The summed E-state index contributed by atoms with van der Waals surface area (Å²) in [6.07, 6.45) is -0.671. The number of nitrogens with one attached hydrogen (secondary N) is 1. The van der Waals surface area contributed by atoms with Gasteiger partial charge in [-0.05, 0) is 17.2 Å². The summed E-state index contributed by atoms with van der Waals surface area (Å²) in [6.45, 7) is 0.0427. The Bertz CT molecular complexity index is 938. The lowest BCUT2D eigenvalue weighted by Gasteiger charge is -2.20. The van der Waals surface area contributed by atoms with Crippen LogP contribution in [0.4, 0.5) is 11.4 Å². The largest absolute Gasteiger partial charge is 0.449 e. The van der Waals surface area contributed by atoms with E-state index in [1.165, 1.54) is 18.2 Å². The first kappa shape index (κ1) is 20.0. The first-order chi connectivity index (χ1) is 14.1. The number of nitrogens with zero attached hydrogens (tertiary/aromatic N) is 1. The Hall–Kier alpha value is -3.71. The van der Waals surface area contributed by atoms with Crippen LogP contribution in [0.5, 0.6) is 0 Å². The van der Waals surface area contributed by atoms with Gasteiger partial charge in [0, 0.05) is 24.4 Å². The van der Waals surface area contributed by atoms with E-state index in [0.717, 1.165) is 11.1 Å². The monoisotopic (exact) mass is 392 g/mol. The number of esters is 1. The van der Waals surface area contributed by atoms with E-state index in [4.69, 9.17) is 9.84 Å². The summed E-state index contributed by atoms with van der Waals surface area (Å²) in [7, 11) is 0. The molecule has 0 radical (unpaired) electrons. The normalized spacial score (nSPS) is 10.6. The van der Waals surface area contributed by atoms with Gasteiger partial charge in [0.05, 0.1) is 17.1 Å². The van der Waals surface area contributed by atoms with Crippen molar-refractivity contribution in [3.8, 4) is 0 Å². The second-order valence-electron chi connectivity index (χ2n) is 6.24. The molecule has 0 heterocycles. The van der Waals surface area contributed by atoms with Crippen LogP contribution in [0, 0.1) is 10.1 Å². The number of benzene rings is 3. The van der Waals surface area contributed by atoms with E-state index in [-0.39, 0.29) is 24.4 Å². The quantitative estimate of drug-likeness (QED) is 0.342. The minimum absolute atomic E-state index is 0.0320. The number of hydrogen-bond acceptors (Lipinski definition) is 6. The van der Waals surface area contributed by atoms with Gasteiger partial charge in [0.1, 0.15) is 0 Å². The fourth-order valence-corrected chi connectivity index (χ4v) is 2.91. The second kappa shape index (κ2) is 9.48. The highest BCUT2D eigenvalue weighted by Gasteiger charge is 2.23. The molecule has 0 aliphatic rings. The van der Waals surface area contributed by atoms with Gasteiger partial charge in [0.15, 0.2) is 6.10 Å². The fourth-order valence-electron chi connectivity index (χ4n) is 2.91. The second-order valence-corrected chi connectivity index (χ2v) is 6.24. The molecule has 0 saturated heterocycles. The van der Waals surface area contributed by atoms with Crippen molar-refractivity contribution in [3.05, 3.63) is 106 Å². The van der Waals surface area contributed by atoms with Crippen LogP contribution in [0.15, 0.2) is 78.9 Å². The maximum atomic E-state index is 13.0. The molecule has 0 fully saturated rings. The molecule has 3 aromatic rings. The minimum Gasteiger partial charge on any atom is -0.449 e. The Kier molecular flexibility index (Phi) is 6.55. The maximum Gasteiger partial charge on any atom is 0.341 e. The number of nitro benzene ring substituents is 1. The van der Waals surface area contributed by atoms with Gasteiger partial charge in [-0.25, -0.2) is 4.79 Å². The van der Waals surface area contributed by atoms with Gasteiger partial charge in [-0.2, -0.15) is 0 Å². The summed E-state index contributed by atoms with van der Waals surface area (Å²) < 4.78 is 5.80. The number of non-ortho nitro benzene ring substituents is 1. The van der Waals surface area contributed by atoms with Crippen molar-refractivity contribution >= 4 is 17.3 Å². The Balaban J connectivity index is 1.97. The van der Waals surface area contributed by atoms with Crippen molar-refractivity contribution in [2.75, 3.05) is 18.5 Å². The van der Waals surface area contributed by atoms with Crippen molar-refractivity contribution in [1.29, 1.82) is 0 Å². The molecule has 3 aromatic carbocycles. The topological polar surface area (TPSA) is 102 Å². The first-order valence-corrected chi connectivity index (χ1v) is 9.04. The van der Waals surface area contributed by atoms with Gasteiger partial charge in [-0.15, -0.1) is 0 Å². The molecule has 0 aliphatic heterocycles. The number of ether oxygens (including phenoxy) is 1. The highest BCUT2D eigenvalue weighted by atomic mass is 16.6. The van der Waals surface area contributed by atoms with Crippen LogP contribution in [0.3, 0.4) is 0 Å². The van der Waals surface area contributed by atoms with E-state index in [1.807, 2.05) is 60.7 Å². The molecular formula is C22H20N2O5.